The van der Waals surface area contributed by atoms with Gasteiger partial charge in [0.1, 0.15) is 0 Å². The Labute approximate surface area is 580 Å². The Balaban J connectivity index is 0.000000126. The van der Waals surface area contributed by atoms with Gasteiger partial charge in [0.05, 0.1) is 51.9 Å². The number of thiophene rings is 15. The first-order valence-electron chi connectivity index (χ1n) is 32.4. The SMILES string of the molecule is CCCCCCCC(=O)c1cc2sc3ccsc3c2s1.CCCCCCCCc1cc2sc3cc(-c4cc5sc6cc(CCCCCCCC)sc6c5s4)sc3c2s1.CCCCCCCCc1cc2sc3ccsc3c2s1.c1cc2sc3ccsc3c2s1. The molecule has 15 aromatic rings. The number of fused-ring (bicyclic) bond motifs is 15. The van der Waals surface area contributed by atoms with Crippen LogP contribution in [0.15, 0.2) is 82.2 Å². The maximum atomic E-state index is 12.2. The number of Topliss-reactive ketones (excluding diaryl/α,β-unsaturated/α-hetero) is 1. The minimum atomic E-state index is 0.333. The average Bonchev–Trinajstić information content (AvgIpc) is 2.49. The van der Waals surface area contributed by atoms with E-state index in [9.17, 15) is 4.79 Å². The number of hydrogen-bond acceptors (Lipinski definition) is 16. The van der Waals surface area contributed by atoms with E-state index in [0.717, 1.165) is 11.3 Å². The fraction of sp³-hybridized carbons (Fsp3) is 0.431. The molecule has 0 N–H and O–H groups in total. The monoisotopic (exact) mass is 1440 g/mol. The summed E-state index contributed by atoms with van der Waals surface area (Å²) in [7, 11) is 0. The molecule has 88 heavy (non-hydrogen) atoms. The highest BCUT2D eigenvalue weighted by atomic mass is 32.2. The highest BCUT2D eigenvalue weighted by Gasteiger charge is 2.20. The van der Waals surface area contributed by atoms with Gasteiger partial charge in [0, 0.05) is 77.8 Å². The fourth-order valence-corrected chi connectivity index (χ4v) is 30.9. The zero-order valence-corrected chi connectivity index (χ0v) is 63.5. The topological polar surface area (TPSA) is 17.1 Å². The molecule has 15 aromatic heterocycles. The van der Waals surface area contributed by atoms with E-state index < -0.39 is 0 Å². The van der Waals surface area contributed by atoms with E-state index in [0.29, 0.717) is 12.2 Å². The van der Waals surface area contributed by atoms with Crippen LogP contribution < -0.4 is 0 Å². The zero-order chi connectivity index (χ0) is 60.2. The van der Waals surface area contributed by atoms with Gasteiger partial charge in [-0.2, -0.15) is 0 Å². The maximum Gasteiger partial charge on any atom is 0.172 e. The molecular weight excluding hydrogens is 1360 g/mol. The lowest BCUT2D eigenvalue weighted by atomic mass is 10.1. The van der Waals surface area contributed by atoms with Gasteiger partial charge in [0.2, 0.25) is 0 Å². The highest BCUT2D eigenvalue weighted by Crippen LogP contribution is 2.52. The molecule has 0 aliphatic carbocycles. The fourth-order valence-electron chi connectivity index (χ4n) is 11.6. The van der Waals surface area contributed by atoms with Crippen molar-refractivity contribution in [1.82, 2.24) is 0 Å². The van der Waals surface area contributed by atoms with Gasteiger partial charge in [-0.05, 0) is 127 Å². The van der Waals surface area contributed by atoms with Gasteiger partial charge in [0.15, 0.2) is 5.78 Å². The summed E-state index contributed by atoms with van der Waals surface area (Å²) in [6, 6.07) is 23.3. The largest absolute Gasteiger partial charge is 0.293 e. The Bertz CT molecular complexity index is 4400. The third-order valence-corrected chi connectivity index (χ3v) is 34.8. The van der Waals surface area contributed by atoms with Gasteiger partial charge in [-0.25, -0.2) is 0 Å². The number of hydrogen-bond donors (Lipinski definition) is 0. The predicted molar refractivity (Wildman–Crippen MR) is 423 cm³/mol. The van der Waals surface area contributed by atoms with Crippen LogP contribution in [0, 0.1) is 0 Å². The minimum absolute atomic E-state index is 0.333. The Morgan fingerprint density at radius 3 is 0.955 bits per heavy atom. The van der Waals surface area contributed by atoms with Crippen molar-refractivity contribution in [3.05, 3.63) is 102 Å². The standard InChI is InChI=1S/C32H38S6.C16H18OS3.C16H20S3.C8H4S3/c1-3-5-7-9-11-13-15-21-17-25-29(33-21)31-27(35-25)19-23(37-31)24-20-28-32(38-24)30-26(36-28)18-22(34-30)16-14-12-10-8-6-4-2;1-2-3-4-5-6-7-11(17)13-10-14-16(20-13)15-12(19-14)8-9-18-15;1-2-3-4-5-6-7-8-12-11-14-16(18-12)15-13(19-14)9-10-17-15;1-3-9-7-5(1)11-6-2-4-10-8(6)7/h17-20H,3-16H2,1-2H3;8-10H,2-7H2,1H3;9-11H,2-8H2,1H3;1-4H. The van der Waals surface area contributed by atoms with E-state index in [4.69, 9.17) is 0 Å². The highest BCUT2D eigenvalue weighted by molar-refractivity contribution is 7.43. The molecule has 0 atom stereocenters. The first-order valence-corrected chi connectivity index (χ1v) is 44.9. The maximum absolute atomic E-state index is 12.2. The molecule has 0 radical (unpaired) electrons. The van der Waals surface area contributed by atoms with Gasteiger partial charge in [-0.15, -0.1) is 170 Å². The Hall–Kier alpha value is -2.23. The van der Waals surface area contributed by atoms with Gasteiger partial charge in [-0.3, -0.25) is 4.79 Å². The van der Waals surface area contributed by atoms with Crippen molar-refractivity contribution >= 4 is 270 Å². The number of carbonyl (C=O) groups is 1. The lowest BCUT2D eigenvalue weighted by Gasteiger charge is -1.99. The molecule has 0 unspecified atom stereocenters. The minimum Gasteiger partial charge on any atom is -0.293 e. The number of ketones is 1. The quantitative estimate of drug-likeness (QED) is 0.0337. The molecule has 0 spiro atoms. The molecule has 15 heterocycles. The van der Waals surface area contributed by atoms with E-state index in [2.05, 4.69) is 133 Å². The van der Waals surface area contributed by atoms with Crippen LogP contribution in [-0.4, -0.2) is 5.78 Å². The van der Waals surface area contributed by atoms with Crippen LogP contribution in [0.5, 0.6) is 0 Å². The smallest absolute Gasteiger partial charge is 0.172 e. The molecule has 0 fully saturated rings. The third kappa shape index (κ3) is 16.1. The lowest BCUT2D eigenvalue weighted by molar-refractivity contribution is 0.0983. The zero-order valence-electron chi connectivity index (χ0n) is 51.2. The van der Waals surface area contributed by atoms with Crippen molar-refractivity contribution in [3.8, 4) is 9.75 Å². The first kappa shape index (κ1) is 65.8. The summed E-state index contributed by atoms with van der Waals surface area (Å²) in [6.45, 7) is 9.09. The molecule has 0 amide bonds. The molecule has 0 bridgehead atoms. The van der Waals surface area contributed by atoms with E-state index in [-0.39, 0.29) is 0 Å². The van der Waals surface area contributed by atoms with Crippen LogP contribution in [0.3, 0.4) is 0 Å². The molecule has 0 aliphatic rings. The lowest BCUT2D eigenvalue weighted by Crippen LogP contribution is -1.95. The normalized spacial score (nSPS) is 12.0. The Kier molecular flexibility index (Phi) is 24.5. The molecule has 15 rings (SSSR count). The second-order valence-corrected chi connectivity index (χ2v) is 38.9. The van der Waals surface area contributed by atoms with Crippen LogP contribution in [0.4, 0.5) is 0 Å². The van der Waals surface area contributed by atoms with Crippen LogP contribution in [0.25, 0.3) is 104 Å². The van der Waals surface area contributed by atoms with Crippen molar-refractivity contribution < 1.29 is 4.79 Å². The van der Waals surface area contributed by atoms with Gasteiger partial charge >= 0.3 is 0 Å². The van der Waals surface area contributed by atoms with Crippen LogP contribution in [0.2, 0.25) is 0 Å². The van der Waals surface area contributed by atoms with Crippen molar-refractivity contribution in [2.45, 2.75) is 201 Å². The van der Waals surface area contributed by atoms with Crippen LogP contribution in [-0.2, 0) is 19.3 Å². The molecule has 0 aliphatic heterocycles. The third-order valence-electron chi connectivity index (χ3n) is 16.3. The van der Waals surface area contributed by atoms with Gasteiger partial charge in [0.25, 0.3) is 0 Å². The van der Waals surface area contributed by atoms with Crippen molar-refractivity contribution in [3.63, 3.8) is 0 Å². The van der Waals surface area contributed by atoms with Crippen LogP contribution in [0.1, 0.15) is 206 Å². The second-order valence-electron chi connectivity index (χ2n) is 23.2. The number of aryl methyl sites for hydroxylation is 3. The molecule has 1 nitrogen and oxygen atoms in total. The summed E-state index contributed by atoms with van der Waals surface area (Å²) in [5.41, 5.74) is 0. The van der Waals surface area contributed by atoms with Crippen LogP contribution >= 0.6 is 170 Å². The first-order chi connectivity index (χ1) is 43.4. The molecule has 0 aromatic carbocycles. The number of rotatable bonds is 29. The Morgan fingerprint density at radius 1 is 0.273 bits per heavy atom. The molecule has 464 valence electrons. The van der Waals surface area contributed by atoms with Gasteiger partial charge < -0.3 is 0 Å². The van der Waals surface area contributed by atoms with E-state index in [1.54, 1.807) is 46.7 Å². The molecular formula is C72H80OS15. The van der Waals surface area contributed by atoms with E-state index in [1.165, 1.54) is 255 Å². The molecule has 16 heteroatoms. The van der Waals surface area contributed by atoms with E-state index >= 15 is 0 Å². The summed E-state index contributed by atoms with van der Waals surface area (Å²) >= 11 is 28.9. The number of carbonyl (C=O) groups excluding carboxylic acids is 1. The second kappa shape index (κ2) is 32.8. The predicted octanol–water partition coefficient (Wildman–Crippen LogP) is 32.1. The van der Waals surface area contributed by atoms with E-state index in [1.807, 2.05) is 125 Å². The summed E-state index contributed by atoms with van der Waals surface area (Å²) in [6.07, 6.45) is 35.5. The summed E-state index contributed by atoms with van der Waals surface area (Å²) < 4.78 is 29.3. The van der Waals surface area contributed by atoms with Gasteiger partial charge in [-0.1, -0.05) is 150 Å². The summed E-state index contributed by atoms with van der Waals surface area (Å²) in [5.74, 6) is 0.333. The van der Waals surface area contributed by atoms with Crippen molar-refractivity contribution in [2.24, 2.45) is 0 Å². The Morgan fingerprint density at radius 2 is 0.557 bits per heavy atom. The summed E-state index contributed by atoms with van der Waals surface area (Å²) in [5, 5.41) is 8.68. The molecule has 0 saturated carbocycles. The molecule has 0 saturated heterocycles. The summed E-state index contributed by atoms with van der Waals surface area (Å²) in [4.78, 5) is 20.9. The van der Waals surface area contributed by atoms with Crippen molar-refractivity contribution in [2.75, 3.05) is 0 Å². The average molecular weight is 1440 g/mol. The van der Waals surface area contributed by atoms with Crippen molar-refractivity contribution in [1.29, 1.82) is 0 Å². The number of unbranched alkanes of at least 4 members (excludes halogenated alkanes) is 19.